The van der Waals surface area contributed by atoms with Gasteiger partial charge in [0.15, 0.2) is 0 Å². The van der Waals surface area contributed by atoms with Gasteiger partial charge in [-0.15, -0.1) is 0 Å². The summed E-state index contributed by atoms with van der Waals surface area (Å²) in [6.07, 6.45) is 4.54. The molecule has 0 aromatic rings. The molecule has 6 nitrogen and oxygen atoms in total. The summed E-state index contributed by atoms with van der Waals surface area (Å²) < 4.78 is 10.5. The van der Waals surface area contributed by atoms with E-state index in [9.17, 15) is 14.7 Å². The van der Waals surface area contributed by atoms with Crippen molar-refractivity contribution in [2.24, 2.45) is 0 Å². The van der Waals surface area contributed by atoms with E-state index >= 15 is 0 Å². The Morgan fingerprint density at radius 2 is 1.56 bits per heavy atom. The van der Waals surface area contributed by atoms with Gasteiger partial charge in [0.25, 0.3) is 0 Å². The molecule has 0 aliphatic heterocycles. The fourth-order valence-corrected chi connectivity index (χ4v) is 1.88. The standard InChI is InChI=1S/C21H35NO5/c1-8-9-11-14-17(23)15-12-10-13-16-22(18(24)26-20(2,3)4)19(25)27-21(5,6)7/h10,13,17,23H,8-9,11,14,16H2,1-7H3/b13-10+. The summed E-state index contributed by atoms with van der Waals surface area (Å²) in [6.45, 7) is 12.4. The molecule has 6 heteroatoms. The number of hydrogen-bond donors (Lipinski definition) is 1. The molecular weight excluding hydrogens is 346 g/mol. The van der Waals surface area contributed by atoms with Crippen molar-refractivity contribution < 1.29 is 24.2 Å². The van der Waals surface area contributed by atoms with Crippen LogP contribution in [0.25, 0.3) is 0 Å². The number of carbonyl (C=O) groups is 2. The van der Waals surface area contributed by atoms with Gasteiger partial charge in [-0.1, -0.05) is 37.7 Å². The van der Waals surface area contributed by atoms with Crippen LogP contribution in [0.15, 0.2) is 12.2 Å². The first-order valence-corrected chi connectivity index (χ1v) is 9.43. The molecule has 0 saturated carbocycles. The predicted molar refractivity (Wildman–Crippen MR) is 106 cm³/mol. The maximum Gasteiger partial charge on any atom is 0.420 e. The molecule has 0 aliphatic rings. The highest BCUT2D eigenvalue weighted by atomic mass is 16.6. The molecule has 1 atom stereocenters. The largest absolute Gasteiger partial charge is 0.443 e. The number of carbonyl (C=O) groups excluding carboxylic acids is 2. The zero-order valence-electron chi connectivity index (χ0n) is 17.8. The van der Waals surface area contributed by atoms with Gasteiger partial charge in [-0.2, -0.15) is 0 Å². The van der Waals surface area contributed by atoms with Gasteiger partial charge in [0.1, 0.15) is 17.3 Å². The van der Waals surface area contributed by atoms with E-state index in [0.29, 0.717) is 6.42 Å². The van der Waals surface area contributed by atoms with Gasteiger partial charge in [0.2, 0.25) is 0 Å². The molecule has 0 fully saturated rings. The quantitative estimate of drug-likeness (QED) is 0.535. The summed E-state index contributed by atoms with van der Waals surface area (Å²) in [5.41, 5.74) is -1.47. The average molecular weight is 382 g/mol. The lowest BCUT2D eigenvalue weighted by Crippen LogP contribution is -2.43. The first kappa shape index (κ1) is 25.0. The monoisotopic (exact) mass is 381 g/mol. The predicted octanol–water partition coefficient (Wildman–Crippen LogP) is 4.66. The number of aliphatic hydroxyl groups is 1. The highest BCUT2D eigenvalue weighted by molar-refractivity contribution is 5.88. The second-order valence-corrected chi connectivity index (χ2v) is 8.27. The van der Waals surface area contributed by atoms with Gasteiger partial charge in [-0.05, 0) is 60.5 Å². The average Bonchev–Trinajstić information content (AvgIpc) is 2.47. The molecule has 0 aromatic heterocycles. The zero-order valence-corrected chi connectivity index (χ0v) is 17.8. The number of ether oxygens (including phenoxy) is 2. The number of amides is 2. The van der Waals surface area contributed by atoms with Crippen LogP contribution in [-0.4, -0.2) is 46.0 Å². The van der Waals surface area contributed by atoms with Crippen LogP contribution in [0.2, 0.25) is 0 Å². The maximum absolute atomic E-state index is 12.3. The Bertz CT molecular complexity index is 530. The summed E-state index contributed by atoms with van der Waals surface area (Å²) in [7, 11) is 0. The summed E-state index contributed by atoms with van der Waals surface area (Å²) in [5, 5.41) is 9.75. The van der Waals surface area contributed by atoms with Crippen molar-refractivity contribution in [3.8, 4) is 11.8 Å². The minimum absolute atomic E-state index is 0.0373. The molecule has 2 amide bonds. The Labute approximate surface area is 163 Å². The Hall–Kier alpha value is -2.00. The fourth-order valence-electron chi connectivity index (χ4n) is 1.88. The molecule has 27 heavy (non-hydrogen) atoms. The van der Waals surface area contributed by atoms with Gasteiger partial charge >= 0.3 is 12.2 Å². The van der Waals surface area contributed by atoms with Crippen molar-refractivity contribution in [3.05, 3.63) is 12.2 Å². The van der Waals surface area contributed by atoms with Crippen LogP contribution >= 0.6 is 0 Å². The highest BCUT2D eigenvalue weighted by Gasteiger charge is 2.30. The molecule has 1 unspecified atom stereocenters. The van der Waals surface area contributed by atoms with Gasteiger partial charge in [-0.25, -0.2) is 14.5 Å². The van der Waals surface area contributed by atoms with E-state index in [1.165, 1.54) is 6.08 Å². The van der Waals surface area contributed by atoms with Gasteiger partial charge in [0, 0.05) is 0 Å². The lowest BCUT2D eigenvalue weighted by molar-refractivity contribution is 0.00374. The van der Waals surface area contributed by atoms with Crippen LogP contribution in [0.5, 0.6) is 0 Å². The number of allylic oxidation sites excluding steroid dienone is 1. The number of aliphatic hydroxyl groups excluding tert-OH is 1. The van der Waals surface area contributed by atoms with Crippen LogP contribution in [-0.2, 0) is 9.47 Å². The number of imide groups is 1. The van der Waals surface area contributed by atoms with E-state index in [-0.39, 0.29) is 6.54 Å². The van der Waals surface area contributed by atoms with Crippen molar-refractivity contribution in [3.63, 3.8) is 0 Å². The van der Waals surface area contributed by atoms with E-state index in [4.69, 9.17) is 9.47 Å². The van der Waals surface area contributed by atoms with Crippen LogP contribution in [0.3, 0.4) is 0 Å². The number of unbranched alkanes of at least 4 members (excludes halogenated alkanes) is 2. The van der Waals surface area contributed by atoms with Crippen molar-refractivity contribution in [1.82, 2.24) is 4.90 Å². The van der Waals surface area contributed by atoms with Gasteiger partial charge in [0.05, 0.1) is 6.54 Å². The Morgan fingerprint density at radius 3 is 2.00 bits per heavy atom. The zero-order chi connectivity index (χ0) is 21.1. The molecule has 0 bridgehead atoms. The number of nitrogens with zero attached hydrogens (tertiary/aromatic N) is 1. The number of hydrogen-bond acceptors (Lipinski definition) is 5. The molecule has 0 heterocycles. The molecule has 1 N–H and O–H groups in total. The van der Waals surface area contributed by atoms with Crippen LogP contribution in [0, 0.1) is 11.8 Å². The third-order valence-corrected chi connectivity index (χ3v) is 3.05. The van der Waals surface area contributed by atoms with E-state index in [0.717, 1.165) is 24.2 Å². The first-order valence-electron chi connectivity index (χ1n) is 9.43. The van der Waals surface area contributed by atoms with Crippen LogP contribution in [0.4, 0.5) is 9.59 Å². The molecule has 0 saturated heterocycles. The van der Waals surface area contributed by atoms with E-state index in [2.05, 4.69) is 18.8 Å². The third kappa shape index (κ3) is 13.8. The summed E-state index contributed by atoms with van der Waals surface area (Å²) in [5.74, 6) is 5.45. The highest BCUT2D eigenvalue weighted by Crippen LogP contribution is 2.14. The minimum Gasteiger partial charge on any atom is -0.443 e. The van der Waals surface area contributed by atoms with E-state index in [1.54, 1.807) is 47.6 Å². The molecule has 0 spiro atoms. The van der Waals surface area contributed by atoms with Crippen molar-refractivity contribution in [2.45, 2.75) is 91.5 Å². The Morgan fingerprint density at radius 1 is 1.04 bits per heavy atom. The molecular formula is C21H35NO5. The van der Waals surface area contributed by atoms with Crippen molar-refractivity contribution in [1.29, 1.82) is 0 Å². The SMILES string of the molecule is CCCCCC(O)C#C/C=C/CN(C(=O)OC(C)(C)C)C(=O)OC(C)(C)C. The Balaban J connectivity index is 4.90. The second-order valence-electron chi connectivity index (χ2n) is 8.27. The summed E-state index contributed by atoms with van der Waals surface area (Å²) >= 11 is 0. The summed E-state index contributed by atoms with van der Waals surface area (Å²) in [6, 6.07) is 0. The molecule has 154 valence electrons. The normalized spacial score (nSPS) is 12.9. The Kier molecular flexibility index (Phi) is 10.8. The third-order valence-electron chi connectivity index (χ3n) is 3.05. The van der Waals surface area contributed by atoms with Gasteiger partial charge in [-0.3, -0.25) is 0 Å². The molecule has 0 aromatic carbocycles. The van der Waals surface area contributed by atoms with Crippen LogP contribution < -0.4 is 0 Å². The first-order chi connectivity index (χ1) is 12.4. The summed E-state index contributed by atoms with van der Waals surface area (Å²) in [4.78, 5) is 25.5. The topological polar surface area (TPSA) is 76.1 Å². The fraction of sp³-hybridized carbons (Fsp3) is 0.714. The second kappa shape index (κ2) is 11.7. The van der Waals surface area contributed by atoms with Crippen molar-refractivity contribution in [2.75, 3.05) is 6.54 Å². The van der Waals surface area contributed by atoms with E-state index < -0.39 is 29.5 Å². The lowest BCUT2D eigenvalue weighted by Gasteiger charge is -2.27. The maximum atomic E-state index is 12.3. The molecule has 0 radical (unpaired) electrons. The molecule has 0 aliphatic carbocycles. The van der Waals surface area contributed by atoms with Gasteiger partial charge < -0.3 is 14.6 Å². The minimum atomic E-state index is -0.783. The lowest BCUT2D eigenvalue weighted by atomic mass is 10.1. The smallest absolute Gasteiger partial charge is 0.420 e. The number of rotatable bonds is 6. The van der Waals surface area contributed by atoms with Crippen molar-refractivity contribution >= 4 is 12.2 Å². The van der Waals surface area contributed by atoms with E-state index in [1.807, 2.05) is 0 Å². The van der Waals surface area contributed by atoms with Crippen LogP contribution in [0.1, 0.15) is 74.1 Å². The molecule has 0 rings (SSSR count).